The van der Waals surface area contributed by atoms with Crippen molar-refractivity contribution < 1.29 is 29.0 Å². The van der Waals surface area contributed by atoms with Gasteiger partial charge in [-0.25, -0.2) is 9.59 Å². The largest absolute Gasteiger partial charge is 0.480 e. The van der Waals surface area contributed by atoms with E-state index in [2.05, 4.69) is 10.1 Å². The Labute approximate surface area is 109 Å². The summed E-state index contributed by atoms with van der Waals surface area (Å²) in [7, 11) is 2.59. The van der Waals surface area contributed by atoms with E-state index in [4.69, 9.17) is 10.8 Å². The van der Waals surface area contributed by atoms with E-state index in [-0.39, 0.29) is 13.0 Å². The zero-order chi connectivity index (χ0) is 15.0. The molecule has 0 aliphatic carbocycles. The van der Waals surface area contributed by atoms with Crippen molar-refractivity contribution in [2.45, 2.75) is 18.9 Å². The van der Waals surface area contributed by atoms with E-state index in [1.165, 1.54) is 14.2 Å². The van der Waals surface area contributed by atoms with E-state index in [1.807, 2.05) is 0 Å². The molecule has 0 aliphatic heterocycles. The number of carboxylic acid groups (broad SMARTS) is 1. The van der Waals surface area contributed by atoms with Crippen LogP contribution in [0.25, 0.3) is 0 Å². The van der Waals surface area contributed by atoms with E-state index in [0.717, 1.165) is 4.90 Å². The zero-order valence-corrected chi connectivity index (χ0v) is 10.7. The van der Waals surface area contributed by atoms with Crippen LogP contribution in [-0.4, -0.2) is 60.6 Å². The smallest absolute Gasteiger partial charge is 0.326 e. The van der Waals surface area contributed by atoms with E-state index in [9.17, 15) is 19.2 Å². The molecule has 3 amide bonds. The van der Waals surface area contributed by atoms with Crippen LogP contribution in [0.3, 0.4) is 0 Å². The molecule has 1 atom stereocenters. The molecular weight excluding hydrogens is 258 g/mol. The van der Waals surface area contributed by atoms with Gasteiger partial charge in [-0.2, -0.15) is 0 Å². The van der Waals surface area contributed by atoms with E-state index < -0.39 is 36.3 Å². The van der Waals surface area contributed by atoms with Crippen LogP contribution in [0.2, 0.25) is 0 Å². The van der Waals surface area contributed by atoms with Crippen LogP contribution in [0.15, 0.2) is 0 Å². The van der Waals surface area contributed by atoms with Crippen molar-refractivity contribution in [2.24, 2.45) is 5.73 Å². The molecule has 0 saturated carbocycles. The number of carboxylic acids is 1. The topological polar surface area (TPSA) is 139 Å². The maximum Gasteiger partial charge on any atom is 0.326 e. The van der Waals surface area contributed by atoms with Crippen LogP contribution in [0, 0.1) is 0 Å². The fourth-order valence-corrected chi connectivity index (χ4v) is 1.12. The number of carbonyl (C=O) groups is 4. The highest BCUT2D eigenvalue weighted by Crippen LogP contribution is 1.96. The number of nitrogens with two attached hydrogens (primary N) is 1. The molecule has 19 heavy (non-hydrogen) atoms. The van der Waals surface area contributed by atoms with Crippen LogP contribution in [-0.2, 0) is 19.1 Å². The third-order valence-electron chi connectivity index (χ3n) is 2.23. The molecule has 0 spiro atoms. The first-order valence-corrected chi connectivity index (χ1v) is 5.37. The summed E-state index contributed by atoms with van der Waals surface area (Å²) in [6, 6.07) is -2.12. The predicted molar refractivity (Wildman–Crippen MR) is 63.0 cm³/mol. The lowest BCUT2D eigenvalue weighted by molar-refractivity contribution is -0.141. The number of urea groups is 1. The number of rotatable bonds is 7. The molecule has 0 radical (unpaired) electrons. The van der Waals surface area contributed by atoms with Crippen molar-refractivity contribution in [3.8, 4) is 0 Å². The summed E-state index contributed by atoms with van der Waals surface area (Å²) in [5.74, 6) is -2.70. The summed E-state index contributed by atoms with van der Waals surface area (Å²) < 4.78 is 4.40. The molecule has 9 nitrogen and oxygen atoms in total. The Bertz CT molecular complexity index is 370. The van der Waals surface area contributed by atoms with Crippen molar-refractivity contribution in [3.63, 3.8) is 0 Å². The first-order valence-electron chi connectivity index (χ1n) is 5.37. The maximum absolute atomic E-state index is 11.6. The van der Waals surface area contributed by atoms with Gasteiger partial charge in [-0.15, -0.1) is 0 Å². The van der Waals surface area contributed by atoms with Crippen LogP contribution in [0.5, 0.6) is 0 Å². The standard InChI is InChI=1S/C10H17N3O6/c1-13(4-3-8(15)19-2)10(18)12-6(9(16)17)5-7(11)14/h6H,3-5H2,1-2H3,(H2,11,14)(H,12,18)(H,16,17)/t6-/m1/s1. The second kappa shape index (κ2) is 7.90. The molecule has 0 saturated heterocycles. The molecule has 0 aromatic heterocycles. The molecule has 0 rings (SSSR count). The predicted octanol–water partition coefficient (Wildman–Crippen LogP) is -1.48. The van der Waals surface area contributed by atoms with Crippen LogP contribution in [0.4, 0.5) is 4.79 Å². The minimum Gasteiger partial charge on any atom is -0.480 e. The normalized spacial score (nSPS) is 11.3. The van der Waals surface area contributed by atoms with Gasteiger partial charge in [0.1, 0.15) is 6.04 Å². The van der Waals surface area contributed by atoms with Gasteiger partial charge in [0, 0.05) is 13.6 Å². The number of esters is 1. The number of hydrogen-bond acceptors (Lipinski definition) is 5. The van der Waals surface area contributed by atoms with Crippen LogP contribution >= 0.6 is 0 Å². The van der Waals surface area contributed by atoms with Gasteiger partial charge in [0.2, 0.25) is 5.91 Å². The van der Waals surface area contributed by atoms with E-state index >= 15 is 0 Å². The quantitative estimate of drug-likeness (QED) is 0.484. The Kier molecular flexibility index (Phi) is 6.94. The monoisotopic (exact) mass is 275 g/mol. The summed E-state index contributed by atoms with van der Waals surface area (Å²) in [6.45, 7) is 0.0570. The molecule has 0 aliphatic rings. The third-order valence-corrected chi connectivity index (χ3v) is 2.23. The Hall–Kier alpha value is -2.32. The summed E-state index contributed by atoms with van der Waals surface area (Å²) in [4.78, 5) is 45.0. The fourth-order valence-electron chi connectivity index (χ4n) is 1.12. The zero-order valence-electron chi connectivity index (χ0n) is 10.7. The minimum atomic E-state index is -1.40. The van der Waals surface area contributed by atoms with Gasteiger partial charge in [-0.1, -0.05) is 0 Å². The summed E-state index contributed by atoms with van der Waals surface area (Å²) in [6.07, 6.45) is -0.528. The van der Waals surface area contributed by atoms with Gasteiger partial charge in [0.15, 0.2) is 0 Å². The second-order valence-electron chi connectivity index (χ2n) is 3.76. The number of carbonyl (C=O) groups excluding carboxylic acids is 3. The molecular formula is C10H17N3O6. The number of methoxy groups -OCH3 is 1. The van der Waals surface area contributed by atoms with E-state index in [1.54, 1.807) is 0 Å². The lowest BCUT2D eigenvalue weighted by Crippen LogP contribution is -2.48. The SMILES string of the molecule is COC(=O)CCN(C)C(=O)N[C@H](CC(N)=O)C(=O)O. The highest BCUT2D eigenvalue weighted by Gasteiger charge is 2.23. The molecule has 0 fully saturated rings. The Balaban J connectivity index is 4.35. The molecule has 4 N–H and O–H groups in total. The van der Waals surface area contributed by atoms with Crippen LogP contribution < -0.4 is 11.1 Å². The first-order chi connectivity index (χ1) is 8.77. The molecule has 0 aromatic carbocycles. The molecule has 9 heteroatoms. The number of primary amides is 1. The van der Waals surface area contributed by atoms with Crippen molar-refractivity contribution >= 4 is 23.9 Å². The molecule has 0 unspecified atom stereocenters. The van der Waals surface area contributed by atoms with Crippen molar-refractivity contribution in [2.75, 3.05) is 20.7 Å². The maximum atomic E-state index is 11.6. The van der Waals surface area contributed by atoms with Crippen LogP contribution in [0.1, 0.15) is 12.8 Å². The van der Waals surface area contributed by atoms with Gasteiger partial charge >= 0.3 is 18.0 Å². The summed E-state index contributed by atoms with van der Waals surface area (Å²) in [5, 5.41) is 10.9. The first kappa shape index (κ1) is 16.7. The average Bonchev–Trinajstić information content (AvgIpc) is 2.33. The highest BCUT2D eigenvalue weighted by atomic mass is 16.5. The number of nitrogens with zero attached hydrogens (tertiary/aromatic N) is 1. The minimum absolute atomic E-state index is 0.0199. The van der Waals surface area contributed by atoms with Gasteiger partial charge in [0.05, 0.1) is 20.0 Å². The average molecular weight is 275 g/mol. The van der Waals surface area contributed by atoms with Gasteiger partial charge in [-0.05, 0) is 0 Å². The van der Waals surface area contributed by atoms with Gasteiger partial charge < -0.3 is 25.8 Å². The lowest BCUT2D eigenvalue weighted by atomic mass is 10.2. The number of hydrogen-bond donors (Lipinski definition) is 3. The Morgan fingerprint density at radius 3 is 2.37 bits per heavy atom. The highest BCUT2D eigenvalue weighted by molar-refractivity contribution is 5.87. The van der Waals surface area contributed by atoms with Gasteiger partial charge in [0.25, 0.3) is 0 Å². The van der Waals surface area contributed by atoms with E-state index in [0.29, 0.717) is 0 Å². The number of aliphatic carboxylic acids is 1. The third kappa shape index (κ3) is 6.86. The van der Waals surface area contributed by atoms with Gasteiger partial charge in [-0.3, -0.25) is 9.59 Å². The Morgan fingerprint density at radius 1 is 1.37 bits per heavy atom. The fraction of sp³-hybridized carbons (Fsp3) is 0.600. The lowest BCUT2D eigenvalue weighted by Gasteiger charge is -2.20. The molecule has 0 heterocycles. The summed E-state index contributed by atoms with van der Waals surface area (Å²) >= 11 is 0. The summed E-state index contributed by atoms with van der Waals surface area (Å²) in [5.41, 5.74) is 4.87. The molecule has 0 aromatic rings. The van der Waals surface area contributed by atoms with Crippen molar-refractivity contribution in [1.29, 1.82) is 0 Å². The molecule has 108 valence electrons. The molecule has 0 bridgehead atoms. The van der Waals surface area contributed by atoms with Crippen molar-refractivity contribution in [3.05, 3.63) is 0 Å². The number of ether oxygens (including phenoxy) is 1. The Morgan fingerprint density at radius 2 is 1.95 bits per heavy atom. The number of nitrogens with one attached hydrogen (secondary N) is 1. The van der Waals surface area contributed by atoms with Crippen molar-refractivity contribution in [1.82, 2.24) is 10.2 Å². The second-order valence-corrected chi connectivity index (χ2v) is 3.76. The number of amides is 3.